The summed E-state index contributed by atoms with van der Waals surface area (Å²) >= 11 is 0. The zero-order chi connectivity index (χ0) is 18.1. The van der Waals surface area contributed by atoms with Crippen LogP contribution in [0.25, 0.3) is 0 Å². The highest BCUT2D eigenvalue weighted by Crippen LogP contribution is 2.17. The molecule has 25 heavy (non-hydrogen) atoms. The SMILES string of the molecule is CC(C)OCc1cccc(NC(=O)NCC(=O)NC2CCCCC2)c1. The summed E-state index contributed by atoms with van der Waals surface area (Å²) in [6, 6.07) is 7.35. The molecule has 0 bridgehead atoms. The highest BCUT2D eigenvalue weighted by molar-refractivity contribution is 5.92. The smallest absolute Gasteiger partial charge is 0.319 e. The molecule has 6 heteroatoms. The highest BCUT2D eigenvalue weighted by Gasteiger charge is 2.15. The van der Waals surface area contributed by atoms with Gasteiger partial charge in [-0.25, -0.2) is 4.79 Å². The van der Waals surface area contributed by atoms with E-state index in [-0.39, 0.29) is 30.6 Å². The van der Waals surface area contributed by atoms with Crippen LogP contribution in [0.2, 0.25) is 0 Å². The average molecular weight is 347 g/mol. The predicted molar refractivity (Wildman–Crippen MR) is 98.4 cm³/mol. The first kappa shape index (κ1) is 19.2. The maximum Gasteiger partial charge on any atom is 0.319 e. The highest BCUT2D eigenvalue weighted by atomic mass is 16.5. The molecule has 2 rings (SSSR count). The lowest BCUT2D eigenvalue weighted by atomic mass is 9.95. The zero-order valence-electron chi connectivity index (χ0n) is 15.1. The number of urea groups is 1. The zero-order valence-corrected chi connectivity index (χ0v) is 15.1. The van der Waals surface area contributed by atoms with Gasteiger partial charge in [-0.05, 0) is 44.4 Å². The van der Waals surface area contributed by atoms with Gasteiger partial charge in [-0.15, -0.1) is 0 Å². The number of benzene rings is 1. The minimum absolute atomic E-state index is 0.0154. The monoisotopic (exact) mass is 347 g/mol. The quantitative estimate of drug-likeness (QED) is 0.709. The number of hydrogen-bond acceptors (Lipinski definition) is 3. The van der Waals surface area contributed by atoms with Crippen LogP contribution in [0, 0.1) is 0 Å². The van der Waals surface area contributed by atoms with Gasteiger partial charge < -0.3 is 20.7 Å². The van der Waals surface area contributed by atoms with Crippen molar-refractivity contribution in [2.75, 3.05) is 11.9 Å². The van der Waals surface area contributed by atoms with Gasteiger partial charge >= 0.3 is 6.03 Å². The molecule has 0 aromatic heterocycles. The largest absolute Gasteiger partial charge is 0.374 e. The average Bonchev–Trinajstić information content (AvgIpc) is 2.59. The molecule has 0 atom stereocenters. The van der Waals surface area contributed by atoms with E-state index in [0.717, 1.165) is 31.2 Å². The first-order valence-electron chi connectivity index (χ1n) is 9.07. The van der Waals surface area contributed by atoms with Gasteiger partial charge in [0, 0.05) is 11.7 Å². The van der Waals surface area contributed by atoms with Gasteiger partial charge in [0.05, 0.1) is 19.3 Å². The molecular formula is C19H29N3O3. The van der Waals surface area contributed by atoms with Crippen molar-refractivity contribution in [3.05, 3.63) is 29.8 Å². The van der Waals surface area contributed by atoms with E-state index < -0.39 is 0 Å². The van der Waals surface area contributed by atoms with Gasteiger partial charge in [0.15, 0.2) is 0 Å². The summed E-state index contributed by atoms with van der Waals surface area (Å²) in [6.45, 7) is 4.44. The molecule has 0 heterocycles. The third kappa shape index (κ3) is 7.56. The van der Waals surface area contributed by atoms with Crippen LogP contribution < -0.4 is 16.0 Å². The molecule has 1 aliphatic rings. The third-order valence-electron chi connectivity index (χ3n) is 4.15. The molecule has 1 aromatic rings. The van der Waals surface area contributed by atoms with E-state index in [4.69, 9.17) is 4.74 Å². The Balaban J connectivity index is 1.72. The summed E-state index contributed by atoms with van der Waals surface area (Å²) in [5.74, 6) is -0.138. The minimum atomic E-state index is -0.388. The van der Waals surface area contributed by atoms with Crippen molar-refractivity contribution in [1.29, 1.82) is 0 Å². The van der Waals surface area contributed by atoms with E-state index in [2.05, 4.69) is 16.0 Å². The van der Waals surface area contributed by atoms with Gasteiger partial charge in [0.25, 0.3) is 0 Å². The van der Waals surface area contributed by atoms with Crippen LogP contribution >= 0.6 is 0 Å². The van der Waals surface area contributed by atoms with Crippen LogP contribution in [0.15, 0.2) is 24.3 Å². The van der Waals surface area contributed by atoms with E-state index >= 15 is 0 Å². The van der Waals surface area contributed by atoms with Crippen LogP contribution in [0.3, 0.4) is 0 Å². The predicted octanol–water partition coefficient (Wildman–Crippen LogP) is 3.18. The van der Waals surface area contributed by atoms with Crippen molar-refractivity contribution in [3.63, 3.8) is 0 Å². The topological polar surface area (TPSA) is 79.5 Å². The van der Waals surface area contributed by atoms with E-state index in [9.17, 15) is 9.59 Å². The number of hydrogen-bond donors (Lipinski definition) is 3. The number of anilines is 1. The summed E-state index contributed by atoms with van der Waals surface area (Å²) in [4.78, 5) is 23.9. The minimum Gasteiger partial charge on any atom is -0.374 e. The Morgan fingerprint density at radius 2 is 1.96 bits per heavy atom. The van der Waals surface area contributed by atoms with E-state index in [1.165, 1.54) is 6.42 Å². The fourth-order valence-electron chi connectivity index (χ4n) is 2.86. The molecule has 0 unspecified atom stereocenters. The second kappa shape index (κ2) is 10.0. The van der Waals surface area contributed by atoms with Crippen molar-refractivity contribution < 1.29 is 14.3 Å². The number of nitrogens with one attached hydrogen (secondary N) is 3. The Kier molecular flexibility index (Phi) is 7.73. The summed E-state index contributed by atoms with van der Waals surface area (Å²) in [6.07, 6.45) is 5.79. The first-order valence-corrected chi connectivity index (χ1v) is 9.07. The van der Waals surface area contributed by atoms with E-state index in [0.29, 0.717) is 12.3 Å². The summed E-state index contributed by atoms with van der Waals surface area (Å²) in [7, 11) is 0. The second-order valence-electron chi connectivity index (χ2n) is 6.77. The van der Waals surface area contributed by atoms with E-state index in [1.807, 2.05) is 32.0 Å². The van der Waals surface area contributed by atoms with Crippen LogP contribution in [-0.4, -0.2) is 30.6 Å². The Hall–Kier alpha value is -2.08. The number of carbonyl (C=O) groups excluding carboxylic acids is 2. The molecule has 0 saturated heterocycles. The lowest BCUT2D eigenvalue weighted by Gasteiger charge is -2.22. The van der Waals surface area contributed by atoms with Crippen molar-refractivity contribution in [1.82, 2.24) is 10.6 Å². The van der Waals surface area contributed by atoms with Crippen molar-refractivity contribution in [2.45, 2.75) is 64.7 Å². The molecule has 0 spiro atoms. The van der Waals surface area contributed by atoms with Gasteiger partial charge in [0.1, 0.15) is 0 Å². The van der Waals surface area contributed by atoms with Gasteiger partial charge in [-0.1, -0.05) is 31.4 Å². The maximum absolute atomic E-state index is 12.0. The lowest BCUT2D eigenvalue weighted by Crippen LogP contribution is -2.43. The van der Waals surface area contributed by atoms with Gasteiger partial charge in [0.2, 0.25) is 5.91 Å². The molecule has 0 radical (unpaired) electrons. The van der Waals surface area contributed by atoms with E-state index in [1.54, 1.807) is 6.07 Å². The van der Waals surface area contributed by atoms with Crippen molar-refractivity contribution in [3.8, 4) is 0 Å². The van der Waals surface area contributed by atoms with Crippen molar-refractivity contribution >= 4 is 17.6 Å². The van der Waals surface area contributed by atoms with Crippen LogP contribution in [0.4, 0.5) is 10.5 Å². The Morgan fingerprint density at radius 3 is 2.68 bits per heavy atom. The van der Waals surface area contributed by atoms with Gasteiger partial charge in [-0.2, -0.15) is 0 Å². The maximum atomic E-state index is 12.0. The molecule has 1 saturated carbocycles. The first-order chi connectivity index (χ1) is 12.0. The summed E-state index contributed by atoms with van der Waals surface area (Å²) < 4.78 is 5.56. The van der Waals surface area contributed by atoms with Crippen molar-refractivity contribution in [2.24, 2.45) is 0 Å². The molecule has 1 aliphatic carbocycles. The third-order valence-corrected chi connectivity index (χ3v) is 4.15. The Bertz CT molecular complexity index is 569. The fraction of sp³-hybridized carbons (Fsp3) is 0.579. The molecular weight excluding hydrogens is 318 g/mol. The number of rotatable bonds is 7. The number of carbonyl (C=O) groups is 2. The molecule has 6 nitrogen and oxygen atoms in total. The standard InChI is InChI=1S/C19H29N3O3/c1-14(2)25-13-15-7-6-10-17(11-15)22-19(24)20-12-18(23)21-16-8-4-3-5-9-16/h6-7,10-11,14,16H,3-5,8-9,12-13H2,1-2H3,(H,21,23)(H2,20,22,24). The Morgan fingerprint density at radius 1 is 1.20 bits per heavy atom. The normalized spacial score (nSPS) is 15.0. The number of ether oxygens (including phenoxy) is 1. The molecule has 3 N–H and O–H groups in total. The molecule has 1 aromatic carbocycles. The fourth-order valence-corrected chi connectivity index (χ4v) is 2.86. The second-order valence-corrected chi connectivity index (χ2v) is 6.77. The summed E-state index contributed by atoms with van der Waals surface area (Å²) in [5.41, 5.74) is 1.66. The Labute approximate surface area is 149 Å². The molecule has 3 amide bonds. The van der Waals surface area contributed by atoms with Crippen LogP contribution in [0.1, 0.15) is 51.5 Å². The number of amides is 3. The lowest BCUT2D eigenvalue weighted by molar-refractivity contribution is -0.121. The molecule has 0 aliphatic heterocycles. The molecule has 1 fully saturated rings. The van der Waals surface area contributed by atoms with Crippen LogP contribution in [-0.2, 0) is 16.1 Å². The van der Waals surface area contributed by atoms with Gasteiger partial charge in [-0.3, -0.25) is 4.79 Å². The summed E-state index contributed by atoms with van der Waals surface area (Å²) in [5, 5.41) is 8.32. The van der Waals surface area contributed by atoms with Crippen LogP contribution in [0.5, 0.6) is 0 Å². The molecule has 138 valence electrons.